The van der Waals surface area contributed by atoms with E-state index in [0.29, 0.717) is 5.11 Å². The molecule has 3 aromatic carbocycles. The molecule has 1 saturated heterocycles. The lowest BCUT2D eigenvalue weighted by Gasteiger charge is -2.28. The lowest BCUT2D eigenvalue weighted by atomic mass is 9.96. The minimum absolute atomic E-state index is 0.102. The van der Waals surface area contributed by atoms with E-state index in [-0.39, 0.29) is 12.1 Å². The zero-order valence-corrected chi connectivity index (χ0v) is 24.4. The number of nitrogens with one attached hydrogen (secondary N) is 1. The summed E-state index contributed by atoms with van der Waals surface area (Å²) in [5.74, 6) is 2.28. The molecule has 2 atom stereocenters. The summed E-state index contributed by atoms with van der Waals surface area (Å²) in [6.45, 7) is 6.50. The first-order valence-electron chi connectivity index (χ1n) is 13.6. The third-order valence-electron chi connectivity index (χ3n) is 7.65. The molecule has 0 unspecified atom stereocenters. The van der Waals surface area contributed by atoms with E-state index in [0.717, 1.165) is 28.6 Å². The first-order valence-corrected chi connectivity index (χ1v) is 14.0. The number of methoxy groups -OCH3 is 1. The molecule has 0 bridgehead atoms. The van der Waals surface area contributed by atoms with E-state index >= 15 is 0 Å². The van der Waals surface area contributed by atoms with Crippen molar-refractivity contribution in [2.24, 2.45) is 0 Å². The maximum absolute atomic E-state index is 6.09. The Labute approximate surface area is 246 Å². The van der Waals surface area contributed by atoms with Crippen molar-refractivity contribution in [3.05, 3.63) is 131 Å². The van der Waals surface area contributed by atoms with Crippen molar-refractivity contribution < 1.29 is 9.47 Å². The van der Waals surface area contributed by atoms with Gasteiger partial charge in [0.1, 0.15) is 17.2 Å². The molecule has 1 fully saturated rings. The fourth-order valence-electron chi connectivity index (χ4n) is 5.68. The summed E-state index contributed by atoms with van der Waals surface area (Å²) in [7, 11) is 1.65. The smallest absolute Gasteiger partial charge is 0.174 e. The van der Waals surface area contributed by atoms with Crippen LogP contribution in [0.15, 0.2) is 103 Å². The van der Waals surface area contributed by atoms with Crippen LogP contribution >= 0.6 is 12.2 Å². The number of ether oxygens (including phenoxy) is 2. The van der Waals surface area contributed by atoms with Gasteiger partial charge in [-0.1, -0.05) is 24.3 Å². The Morgan fingerprint density at radius 1 is 0.805 bits per heavy atom. The number of hydrogen-bond acceptors (Lipinski definition) is 4. The van der Waals surface area contributed by atoms with Crippen LogP contribution in [0, 0.1) is 20.8 Å². The van der Waals surface area contributed by atoms with Crippen LogP contribution in [0.25, 0.3) is 5.69 Å². The SMILES string of the molecule is COc1ccc(Oc2ccc(N3C(=S)N[C@@H](c4ccccn4)[C@@H]3c3cc(C)n(-c4ccccc4C)c3C)cc2)cc1. The number of para-hydroxylation sites is 1. The molecule has 6 nitrogen and oxygen atoms in total. The molecule has 3 heterocycles. The topological polar surface area (TPSA) is 51.6 Å². The van der Waals surface area contributed by atoms with E-state index in [2.05, 4.69) is 84.1 Å². The van der Waals surface area contributed by atoms with Crippen molar-refractivity contribution in [1.29, 1.82) is 0 Å². The lowest BCUT2D eigenvalue weighted by molar-refractivity contribution is 0.413. The molecule has 0 saturated carbocycles. The molecule has 0 aliphatic carbocycles. The summed E-state index contributed by atoms with van der Waals surface area (Å²) < 4.78 is 13.7. The summed E-state index contributed by atoms with van der Waals surface area (Å²) in [6, 6.07) is 32.2. The molecule has 1 aliphatic rings. The van der Waals surface area contributed by atoms with Crippen LogP contribution in [0.3, 0.4) is 0 Å². The van der Waals surface area contributed by atoms with Gasteiger partial charge in [-0.3, -0.25) is 4.98 Å². The highest BCUT2D eigenvalue weighted by molar-refractivity contribution is 7.80. The van der Waals surface area contributed by atoms with Gasteiger partial charge in [-0.05, 0) is 117 Å². The maximum atomic E-state index is 6.09. The number of thiocarbonyl (C=S) groups is 1. The molecular formula is C34H32N4O2S. The van der Waals surface area contributed by atoms with Crippen molar-refractivity contribution in [1.82, 2.24) is 14.9 Å². The van der Waals surface area contributed by atoms with E-state index in [9.17, 15) is 0 Å². The first-order chi connectivity index (χ1) is 19.9. The fourth-order valence-corrected chi connectivity index (χ4v) is 6.02. The average molecular weight is 561 g/mol. The van der Waals surface area contributed by atoms with Crippen LogP contribution in [-0.4, -0.2) is 21.8 Å². The molecule has 0 spiro atoms. The van der Waals surface area contributed by atoms with Crippen molar-refractivity contribution in [2.75, 3.05) is 12.0 Å². The molecule has 206 valence electrons. The first kappa shape index (κ1) is 26.6. The van der Waals surface area contributed by atoms with E-state index in [1.165, 1.54) is 28.2 Å². The quantitative estimate of drug-likeness (QED) is 0.205. The monoisotopic (exact) mass is 560 g/mol. The van der Waals surface area contributed by atoms with Gasteiger partial charge in [-0.25, -0.2) is 0 Å². The highest BCUT2D eigenvalue weighted by Gasteiger charge is 2.42. The van der Waals surface area contributed by atoms with E-state index < -0.39 is 0 Å². The number of benzene rings is 3. The number of rotatable bonds is 7. The third kappa shape index (κ3) is 5.05. The van der Waals surface area contributed by atoms with Crippen LogP contribution in [-0.2, 0) is 0 Å². The number of aromatic nitrogens is 2. The van der Waals surface area contributed by atoms with Gasteiger partial charge in [0.15, 0.2) is 5.11 Å². The maximum Gasteiger partial charge on any atom is 0.174 e. The second-order valence-corrected chi connectivity index (χ2v) is 10.6. The molecule has 2 aromatic heterocycles. The molecule has 1 N–H and O–H groups in total. The second kappa shape index (κ2) is 11.1. The number of aryl methyl sites for hydroxylation is 2. The van der Waals surface area contributed by atoms with Crippen molar-refractivity contribution in [3.63, 3.8) is 0 Å². The zero-order valence-electron chi connectivity index (χ0n) is 23.5. The van der Waals surface area contributed by atoms with Crippen LogP contribution < -0.4 is 19.7 Å². The van der Waals surface area contributed by atoms with Crippen molar-refractivity contribution >= 4 is 23.0 Å². The number of nitrogens with zero attached hydrogens (tertiary/aromatic N) is 3. The van der Waals surface area contributed by atoms with Gasteiger partial charge in [0, 0.05) is 29.0 Å². The zero-order chi connectivity index (χ0) is 28.5. The van der Waals surface area contributed by atoms with Gasteiger partial charge >= 0.3 is 0 Å². The fraction of sp³-hybridized carbons (Fsp3) is 0.176. The molecule has 0 amide bonds. The van der Waals surface area contributed by atoms with Crippen LogP contribution in [0.4, 0.5) is 5.69 Å². The Morgan fingerprint density at radius 3 is 2.12 bits per heavy atom. The highest BCUT2D eigenvalue weighted by atomic mass is 32.1. The van der Waals surface area contributed by atoms with Gasteiger partial charge < -0.3 is 24.3 Å². The van der Waals surface area contributed by atoms with E-state index in [4.69, 9.17) is 26.7 Å². The molecule has 0 radical (unpaired) electrons. The Balaban J connectivity index is 1.39. The van der Waals surface area contributed by atoms with Crippen molar-refractivity contribution in [2.45, 2.75) is 32.9 Å². The number of hydrogen-bond donors (Lipinski definition) is 1. The summed E-state index contributed by atoms with van der Waals surface area (Å²) >= 11 is 5.97. The summed E-state index contributed by atoms with van der Waals surface area (Å²) in [5, 5.41) is 4.24. The second-order valence-electron chi connectivity index (χ2n) is 10.2. The molecular weight excluding hydrogens is 528 g/mol. The third-order valence-corrected chi connectivity index (χ3v) is 7.97. The van der Waals surface area contributed by atoms with Crippen LogP contribution in [0.1, 0.15) is 40.3 Å². The van der Waals surface area contributed by atoms with Gasteiger partial charge in [-0.15, -0.1) is 0 Å². The van der Waals surface area contributed by atoms with Gasteiger partial charge in [-0.2, -0.15) is 0 Å². The lowest BCUT2D eigenvalue weighted by Crippen LogP contribution is -2.29. The van der Waals surface area contributed by atoms with E-state index in [1.54, 1.807) is 7.11 Å². The van der Waals surface area contributed by atoms with Gasteiger partial charge in [0.25, 0.3) is 0 Å². The normalized spacial score (nSPS) is 16.5. The molecule has 1 aliphatic heterocycles. The summed E-state index contributed by atoms with van der Waals surface area (Å²) in [5.41, 5.74) is 7.89. The minimum Gasteiger partial charge on any atom is -0.497 e. The Morgan fingerprint density at radius 2 is 1.46 bits per heavy atom. The largest absolute Gasteiger partial charge is 0.497 e. The van der Waals surface area contributed by atoms with Crippen molar-refractivity contribution in [3.8, 4) is 22.9 Å². The van der Waals surface area contributed by atoms with Gasteiger partial charge in [0.2, 0.25) is 0 Å². The van der Waals surface area contributed by atoms with Gasteiger partial charge in [0.05, 0.1) is 24.9 Å². The molecule has 41 heavy (non-hydrogen) atoms. The Kier molecular flexibility index (Phi) is 7.20. The Hall–Kier alpha value is -4.62. The molecule has 7 heteroatoms. The minimum atomic E-state index is -0.121. The standard InChI is InChI=1S/C34H32N4O2S/c1-22-9-5-6-11-31(22)37-23(2)21-29(24(37)3)33-32(30-10-7-8-20-35-30)36-34(41)38(33)25-12-14-27(15-13-25)40-28-18-16-26(39-4)17-19-28/h5-21,32-33H,1-4H3,(H,36,41)/t32-,33-/m0/s1. The van der Waals surface area contributed by atoms with Crippen LogP contribution in [0.5, 0.6) is 17.2 Å². The average Bonchev–Trinajstić information content (AvgIpc) is 3.49. The summed E-state index contributed by atoms with van der Waals surface area (Å²) in [6.07, 6.45) is 1.84. The predicted octanol–water partition coefficient (Wildman–Crippen LogP) is 7.78. The molecule has 6 rings (SSSR count). The highest BCUT2D eigenvalue weighted by Crippen LogP contribution is 2.44. The Bertz CT molecular complexity index is 1680. The predicted molar refractivity (Wildman–Crippen MR) is 167 cm³/mol. The molecule has 5 aromatic rings. The van der Waals surface area contributed by atoms with Crippen LogP contribution in [0.2, 0.25) is 0 Å². The summed E-state index contributed by atoms with van der Waals surface area (Å²) in [4.78, 5) is 6.92. The van der Waals surface area contributed by atoms with E-state index in [1.807, 2.05) is 54.7 Å². The number of anilines is 1. The number of pyridine rings is 1.